The normalized spacial score (nSPS) is 33.6. The molecule has 1 fully saturated rings. The summed E-state index contributed by atoms with van der Waals surface area (Å²) in [5.74, 6) is -0.725. The highest BCUT2D eigenvalue weighted by atomic mass is 16.4. The van der Waals surface area contributed by atoms with E-state index >= 15 is 0 Å². The van der Waals surface area contributed by atoms with E-state index in [0.717, 1.165) is 6.67 Å². The molecule has 4 nitrogen and oxygen atoms in total. The fraction of sp³-hybridized carbons (Fsp3) is 0.857. The van der Waals surface area contributed by atoms with Crippen molar-refractivity contribution >= 4 is 5.97 Å². The third-order valence-electron chi connectivity index (χ3n) is 2.03. The molecule has 1 aliphatic heterocycles. The lowest BCUT2D eigenvalue weighted by molar-refractivity contribution is -0.150. The SMILES string of the molecule is CN1CNCC(C)(C(=O)O)C1. The van der Waals surface area contributed by atoms with Crippen molar-refractivity contribution in [1.82, 2.24) is 10.2 Å². The first-order valence-corrected chi connectivity index (χ1v) is 3.67. The van der Waals surface area contributed by atoms with Crippen LogP contribution in [0.25, 0.3) is 0 Å². The first-order valence-electron chi connectivity index (χ1n) is 3.67. The van der Waals surface area contributed by atoms with Gasteiger partial charge in [0.1, 0.15) is 0 Å². The number of carbonyl (C=O) groups is 1. The molecule has 0 saturated carbocycles. The summed E-state index contributed by atoms with van der Waals surface area (Å²) >= 11 is 0. The molecule has 11 heavy (non-hydrogen) atoms. The standard InChI is InChI=1S/C7H14N2O2/c1-7(6(10)11)3-8-5-9(2)4-7/h8H,3-5H2,1-2H3,(H,10,11). The Balaban J connectivity index is 2.63. The molecular formula is C7H14N2O2. The van der Waals surface area contributed by atoms with E-state index in [1.54, 1.807) is 6.92 Å². The number of nitrogens with one attached hydrogen (secondary N) is 1. The summed E-state index contributed by atoms with van der Waals surface area (Å²) in [6.45, 7) is 3.73. The van der Waals surface area contributed by atoms with Gasteiger partial charge in [0.2, 0.25) is 0 Å². The summed E-state index contributed by atoms with van der Waals surface area (Å²) in [6.07, 6.45) is 0. The molecule has 0 spiro atoms. The number of carboxylic acid groups (broad SMARTS) is 1. The van der Waals surface area contributed by atoms with Gasteiger partial charge in [-0.2, -0.15) is 0 Å². The average molecular weight is 158 g/mol. The van der Waals surface area contributed by atoms with Gasteiger partial charge in [-0.25, -0.2) is 0 Å². The van der Waals surface area contributed by atoms with Crippen LogP contribution in [0.2, 0.25) is 0 Å². The molecule has 1 heterocycles. The molecule has 64 valence electrons. The Morgan fingerprint density at radius 3 is 2.73 bits per heavy atom. The Morgan fingerprint density at radius 2 is 2.36 bits per heavy atom. The molecule has 0 bridgehead atoms. The van der Waals surface area contributed by atoms with Crippen LogP contribution in [-0.4, -0.2) is 42.8 Å². The van der Waals surface area contributed by atoms with Crippen molar-refractivity contribution in [2.45, 2.75) is 6.92 Å². The van der Waals surface area contributed by atoms with E-state index in [2.05, 4.69) is 5.32 Å². The molecule has 1 rings (SSSR count). The van der Waals surface area contributed by atoms with Gasteiger partial charge < -0.3 is 10.4 Å². The zero-order valence-corrected chi connectivity index (χ0v) is 6.92. The molecule has 0 aromatic heterocycles. The van der Waals surface area contributed by atoms with Gasteiger partial charge in [-0.1, -0.05) is 0 Å². The summed E-state index contributed by atoms with van der Waals surface area (Å²) in [4.78, 5) is 12.7. The second kappa shape index (κ2) is 2.79. The summed E-state index contributed by atoms with van der Waals surface area (Å²) in [5.41, 5.74) is -0.618. The zero-order valence-electron chi connectivity index (χ0n) is 6.92. The topological polar surface area (TPSA) is 52.6 Å². The first-order chi connectivity index (χ1) is 5.04. The van der Waals surface area contributed by atoms with E-state index in [1.807, 2.05) is 11.9 Å². The maximum atomic E-state index is 10.8. The predicted octanol–water partition coefficient (Wildman–Crippen LogP) is -0.430. The number of aliphatic carboxylic acids is 1. The molecule has 1 aliphatic rings. The van der Waals surface area contributed by atoms with Crippen LogP contribution in [0.4, 0.5) is 0 Å². The maximum Gasteiger partial charge on any atom is 0.311 e. The highest BCUT2D eigenvalue weighted by Crippen LogP contribution is 2.19. The van der Waals surface area contributed by atoms with E-state index < -0.39 is 11.4 Å². The highest BCUT2D eigenvalue weighted by molar-refractivity contribution is 5.74. The van der Waals surface area contributed by atoms with Crippen molar-refractivity contribution in [3.05, 3.63) is 0 Å². The zero-order chi connectivity index (χ0) is 8.48. The summed E-state index contributed by atoms with van der Waals surface area (Å²) in [6, 6.07) is 0. The van der Waals surface area contributed by atoms with Gasteiger partial charge in [-0.05, 0) is 14.0 Å². The third kappa shape index (κ3) is 1.70. The molecule has 1 atom stereocenters. The quantitative estimate of drug-likeness (QED) is 0.543. The third-order valence-corrected chi connectivity index (χ3v) is 2.03. The summed E-state index contributed by atoms with van der Waals surface area (Å²) in [5, 5.41) is 11.9. The molecular weight excluding hydrogens is 144 g/mol. The van der Waals surface area contributed by atoms with E-state index in [-0.39, 0.29) is 0 Å². The van der Waals surface area contributed by atoms with Crippen molar-refractivity contribution in [2.24, 2.45) is 5.41 Å². The number of nitrogens with zero attached hydrogens (tertiary/aromatic N) is 1. The van der Waals surface area contributed by atoms with Gasteiger partial charge in [-0.3, -0.25) is 9.69 Å². The van der Waals surface area contributed by atoms with Crippen LogP contribution in [0, 0.1) is 5.41 Å². The van der Waals surface area contributed by atoms with Crippen molar-refractivity contribution < 1.29 is 9.90 Å². The van der Waals surface area contributed by atoms with E-state index in [4.69, 9.17) is 5.11 Å². The molecule has 1 unspecified atom stereocenters. The van der Waals surface area contributed by atoms with Crippen LogP contribution in [0.5, 0.6) is 0 Å². The molecule has 0 amide bonds. The number of rotatable bonds is 1. The van der Waals surface area contributed by atoms with Crippen molar-refractivity contribution in [3.8, 4) is 0 Å². The van der Waals surface area contributed by atoms with Crippen molar-refractivity contribution in [1.29, 1.82) is 0 Å². The minimum atomic E-state index is -0.725. The Morgan fingerprint density at radius 1 is 1.73 bits per heavy atom. The number of hydrogen-bond donors (Lipinski definition) is 2. The maximum absolute atomic E-state index is 10.8. The molecule has 0 aromatic carbocycles. The van der Waals surface area contributed by atoms with Gasteiger partial charge in [0.15, 0.2) is 0 Å². The molecule has 0 aromatic rings. The van der Waals surface area contributed by atoms with Crippen LogP contribution < -0.4 is 5.32 Å². The summed E-state index contributed by atoms with van der Waals surface area (Å²) in [7, 11) is 1.91. The Bertz CT molecular complexity index is 172. The van der Waals surface area contributed by atoms with Crippen LogP contribution in [0.1, 0.15) is 6.92 Å². The minimum absolute atomic E-state index is 0.562. The predicted molar refractivity (Wildman–Crippen MR) is 41.2 cm³/mol. The molecule has 2 N–H and O–H groups in total. The number of hydrogen-bond acceptors (Lipinski definition) is 3. The van der Waals surface area contributed by atoms with Crippen molar-refractivity contribution in [2.75, 3.05) is 26.8 Å². The van der Waals surface area contributed by atoms with Gasteiger partial charge in [0.25, 0.3) is 0 Å². The second-order valence-corrected chi connectivity index (χ2v) is 3.46. The van der Waals surface area contributed by atoms with Crippen LogP contribution in [0.15, 0.2) is 0 Å². The molecule has 4 heteroatoms. The summed E-state index contributed by atoms with van der Waals surface area (Å²) < 4.78 is 0. The largest absolute Gasteiger partial charge is 0.481 e. The smallest absolute Gasteiger partial charge is 0.311 e. The minimum Gasteiger partial charge on any atom is -0.481 e. The second-order valence-electron chi connectivity index (χ2n) is 3.46. The highest BCUT2D eigenvalue weighted by Gasteiger charge is 2.36. The van der Waals surface area contributed by atoms with Gasteiger partial charge in [0.05, 0.1) is 5.41 Å². The lowest BCUT2D eigenvalue weighted by atomic mass is 9.89. The Labute approximate surface area is 66.2 Å². The number of carboxylic acids is 1. The lowest BCUT2D eigenvalue weighted by Crippen LogP contribution is -2.54. The van der Waals surface area contributed by atoms with Crippen LogP contribution in [0.3, 0.4) is 0 Å². The van der Waals surface area contributed by atoms with Gasteiger partial charge in [-0.15, -0.1) is 0 Å². The van der Waals surface area contributed by atoms with Gasteiger partial charge >= 0.3 is 5.97 Å². The molecule has 1 saturated heterocycles. The molecule has 0 radical (unpaired) electrons. The van der Waals surface area contributed by atoms with E-state index in [1.165, 1.54) is 0 Å². The first kappa shape index (κ1) is 8.49. The Kier molecular flexibility index (Phi) is 2.15. The fourth-order valence-corrected chi connectivity index (χ4v) is 1.37. The van der Waals surface area contributed by atoms with E-state index in [9.17, 15) is 4.79 Å². The van der Waals surface area contributed by atoms with Crippen LogP contribution in [-0.2, 0) is 4.79 Å². The molecule has 0 aliphatic carbocycles. The monoisotopic (exact) mass is 158 g/mol. The van der Waals surface area contributed by atoms with Crippen molar-refractivity contribution in [3.63, 3.8) is 0 Å². The fourth-order valence-electron chi connectivity index (χ4n) is 1.37. The average Bonchev–Trinajstić information content (AvgIpc) is 1.86. The van der Waals surface area contributed by atoms with E-state index in [0.29, 0.717) is 13.1 Å². The van der Waals surface area contributed by atoms with Gasteiger partial charge in [0, 0.05) is 19.8 Å². The lowest BCUT2D eigenvalue weighted by Gasteiger charge is -2.35. The van der Waals surface area contributed by atoms with Crippen LogP contribution >= 0.6 is 0 Å². The Hall–Kier alpha value is -0.610.